The molecule has 1 saturated carbocycles. The minimum Gasteiger partial charge on any atom is -0.495 e. The van der Waals surface area contributed by atoms with Crippen LogP contribution in [0, 0.1) is 6.92 Å². The van der Waals surface area contributed by atoms with Crippen LogP contribution in [0.2, 0.25) is 0 Å². The van der Waals surface area contributed by atoms with E-state index in [0.717, 1.165) is 18.4 Å². The Hall–Kier alpha value is -2.57. The van der Waals surface area contributed by atoms with E-state index in [-0.39, 0.29) is 30.8 Å². The number of rotatable bonds is 6. The van der Waals surface area contributed by atoms with Gasteiger partial charge in [0.2, 0.25) is 5.91 Å². The Balaban J connectivity index is 1.52. The molecule has 2 N–H and O–H groups in total. The Morgan fingerprint density at radius 2 is 2.04 bits per heavy atom. The van der Waals surface area contributed by atoms with Crippen LogP contribution in [-0.4, -0.2) is 41.9 Å². The fourth-order valence-corrected chi connectivity index (χ4v) is 3.73. The van der Waals surface area contributed by atoms with Crippen LogP contribution in [0.3, 0.4) is 0 Å². The van der Waals surface area contributed by atoms with E-state index in [1.54, 1.807) is 13.2 Å². The van der Waals surface area contributed by atoms with Crippen LogP contribution < -0.4 is 15.4 Å². The highest BCUT2D eigenvalue weighted by atomic mass is 16.5. The summed E-state index contributed by atoms with van der Waals surface area (Å²) in [5.41, 5.74) is 0.952. The largest absolute Gasteiger partial charge is 0.495 e. The maximum Gasteiger partial charge on any atom is 0.325 e. The number of carbonyl (C=O) groups is 3. The first-order chi connectivity index (χ1) is 12.4. The molecule has 1 aromatic carbocycles. The normalized spacial score (nSPS) is 18.3. The van der Waals surface area contributed by atoms with Gasteiger partial charge in [-0.3, -0.25) is 14.5 Å². The van der Waals surface area contributed by atoms with Crippen LogP contribution in [0.4, 0.5) is 10.5 Å². The van der Waals surface area contributed by atoms with E-state index in [2.05, 4.69) is 10.6 Å². The number of ether oxygens (including phenoxy) is 1. The number of imide groups is 1. The Bertz CT molecular complexity index is 725. The Labute approximate surface area is 153 Å². The molecule has 1 aliphatic carbocycles. The lowest BCUT2D eigenvalue weighted by Crippen LogP contribution is -2.44. The molecule has 7 nitrogen and oxygen atoms in total. The smallest absolute Gasteiger partial charge is 0.325 e. The molecular weight excluding hydrogens is 334 g/mol. The van der Waals surface area contributed by atoms with Crippen molar-refractivity contribution in [2.45, 2.75) is 51.0 Å². The summed E-state index contributed by atoms with van der Waals surface area (Å²) >= 11 is 0. The molecule has 1 heterocycles. The lowest BCUT2D eigenvalue weighted by molar-refractivity contribution is -0.131. The summed E-state index contributed by atoms with van der Waals surface area (Å²) in [5, 5.41) is 5.68. The summed E-state index contributed by atoms with van der Waals surface area (Å²) in [7, 11) is 1.55. The van der Waals surface area contributed by atoms with Gasteiger partial charge in [-0.25, -0.2) is 4.79 Å². The van der Waals surface area contributed by atoms with E-state index in [1.165, 1.54) is 4.90 Å². The molecule has 1 saturated heterocycles. The summed E-state index contributed by atoms with van der Waals surface area (Å²) in [6.45, 7) is 2.19. The van der Waals surface area contributed by atoms with Gasteiger partial charge in [0.15, 0.2) is 0 Å². The molecule has 0 atom stereocenters. The van der Waals surface area contributed by atoms with Crippen molar-refractivity contribution in [3.8, 4) is 5.75 Å². The SMILES string of the molecule is COc1ccc(C)cc1NC(=O)CCCN1C(=O)NC2(CCCC2)C1=O. The first-order valence-electron chi connectivity index (χ1n) is 9.04. The van der Waals surface area contributed by atoms with Gasteiger partial charge in [0.25, 0.3) is 5.91 Å². The summed E-state index contributed by atoms with van der Waals surface area (Å²) in [6.07, 6.45) is 3.99. The van der Waals surface area contributed by atoms with Gasteiger partial charge in [-0.05, 0) is 43.9 Å². The van der Waals surface area contributed by atoms with E-state index in [1.807, 2.05) is 19.1 Å². The number of anilines is 1. The minimum atomic E-state index is -0.686. The lowest BCUT2D eigenvalue weighted by atomic mass is 9.98. The van der Waals surface area contributed by atoms with E-state index in [4.69, 9.17) is 4.74 Å². The number of nitrogens with one attached hydrogen (secondary N) is 2. The molecular formula is C19H25N3O4. The fraction of sp³-hybridized carbons (Fsp3) is 0.526. The van der Waals surface area contributed by atoms with Crippen LogP contribution in [0.15, 0.2) is 18.2 Å². The summed E-state index contributed by atoms with van der Waals surface area (Å²) in [5.74, 6) is 0.290. The lowest BCUT2D eigenvalue weighted by Gasteiger charge is -2.20. The van der Waals surface area contributed by atoms with E-state index < -0.39 is 5.54 Å². The predicted octanol–water partition coefficient (Wildman–Crippen LogP) is 2.59. The molecule has 0 radical (unpaired) electrons. The summed E-state index contributed by atoms with van der Waals surface area (Å²) in [4.78, 5) is 38.1. The highest BCUT2D eigenvalue weighted by Crippen LogP contribution is 2.35. The quantitative estimate of drug-likeness (QED) is 0.764. The van der Waals surface area contributed by atoms with Crippen molar-refractivity contribution < 1.29 is 19.1 Å². The van der Waals surface area contributed by atoms with Gasteiger partial charge < -0.3 is 15.4 Å². The molecule has 1 aromatic rings. The molecule has 0 aromatic heterocycles. The number of aryl methyl sites for hydroxylation is 1. The molecule has 0 unspecified atom stereocenters. The van der Waals surface area contributed by atoms with Crippen molar-refractivity contribution in [3.63, 3.8) is 0 Å². The van der Waals surface area contributed by atoms with Crippen LogP contribution in [0.5, 0.6) is 5.75 Å². The molecule has 140 valence electrons. The van der Waals surface area contributed by atoms with Crippen molar-refractivity contribution in [3.05, 3.63) is 23.8 Å². The van der Waals surface area contributed by atoms with E-state index >= 15 is 0 Å². The summed E-state index contributed by atoms with van der Waals surface area (Å²) < 4.78 is 5.25. The third-order valence-electron chi connectivity index (χ3n) is 5.12. The number of amides is 4. The van der Waals surface area contributed by atoms with Gasteiger partial charge in [-0.2, -0.15) is 0 Å². The topological polar surface area (TPSA) is 87.7 Å². The molecule has 4 amide bonds. The van der Waals surface area contributed by atoms with Gasteiger partial charge >= 0.3 is 6.03 Å². The van der Waals surface area contributed by atoms with Crippen LogP contribution >= 0.6 is 0 Å². The molecule has 1 aliphatic heterocycles. The molecule has 26 heavy (non-hydrogen) atoms. The number of benzene rings is 1. The van der Waals surface area contributed by atoms with Crippen LogP contribution in [-0.2, 0) is 9.59 Å². The number of urea groups is 1. The number of methoxy groups -OCH3 is 1. The van der Waals surface area contributed by atoms with Gasteiger partial charge in [0.1, 0.15) is 11.3 Å². The average Bonchev–Trinajstić information content (AvgIpc) is 3.16. The van der Waals surface area contributed by atoms with Gasteiger partial charge in [-0.15, -0.1) is 0 Å². The Kier molecular flexibility index (Phi) is 5.15. The van der Waals surface area contributed by atoms with Crippen molar-refractivity contribution in [2.24, 2.45) is 0 Å². The zero-order valence-corrected chi connectivity index (χ0v) is 15.3. The van der Waals surface area contributed by atoms with E-state index in [9.17, 15) is 14.4 Å². The average molecular weight is 359 g/mol. The third kappa shape index (κ3) is 3.52. The highest BCUT2D eigenvalue weighted by Gasteiger charge is 2.51. The zero-order valence-electron chi connectivity index (χ0n) is 15.3. The maximum atomic E-state index is 12.6. The van der Waals surface area contributed by atoms with E-state index in [0.29, 0.717) is 30.7 Å². The fourth-order valence-electron chi connectivity index (χ4n) is 3.73. The molecule has 7 heteroatoms. The number of hydrogen-bond donors (Lipinski definition) is 2. The molecule has 3 rings (SSSR count). The predicted molar refractivity (Wildman–Crippen MR) is 97.0 cm³/mol. The Morgan fingerprint density at radius 3 is 2.73 bits per heavy atom. The highest BCUT2D eigenvalue weighted by molar-refractivity contribution is 6.07. The second-order valence-electron chi connectivity index (χ2n) is 7.03. The van der Waals surface area contributed by atoms with Crippen molar-refractivity contribution in [1.29, 1.82) is 0 Å². The molecule has 2 aliphatic rings. The van der Waals surface area contributed by atoms with Crippen LogP contribution in [0.1, 0.15) is 44.1 Å². The number of nitrogens with zero attached hydrogens (tertiary/aromatic N) is 1. The number of hydrogen-bond acceptors (Lipinski definition) is 4. The second kappa shape index (κ2) is 7.35. The van der Waals surface area contributed by atoms with Crippen molar-refractivity contribution in [1.82, 2.24) is 10.2 Å². The van der Waals surface area contributed by atoms with Crippen molar-refractivity contribution >= 4 is 23.5 Å². The third-order valence-corrected chi connectivity index (χ3v) is 5.12. The second-order valence-corrected chi connectivity index (χ2v) is 7.03. The van der Waals surface area contributed by atoms with Gasteiger partial charge in [0.05, 0.1) is 12.8 Å². The first-order valence-corrected chi connectivity index (χ1v) is 9.04. The zero-order chi connectivity index (χ0) is 18.7. The van der Waals surface area contributed by atoms with Gasteiger partial charge in [0, 0.05) is 13.0 Å². The first kappa shape index (κ1) is 18.2. The molecule has 1 spiro atoms. The monoisotopic (exact) mass is 359 g/mol. The standard InChI is InChI=1S/C19H25N3O4/c1-13-7-8-15(26-2)14(12-13)20-16(23)6-5-11-22-17(24)19(21-18(22)25)9-3-4-10-19/h7-8,12H,3-6,9-11H2,1-2H3,(H,20,23)(H,21,25). The molecule has 2 fully saturated rings. The van der Waals surface area contributed by atoms with Crippen molar-refractivity contribution in [2.75, 3.05) is 19.0 Å². The Morgan fingerprint density at radius 1 is 1.31 bits per heavy atom. The van der Waals surface area contributed by atoms with Crippen LogP contribution in [0.25, 0.3) is 0 Å². The molecule has 0 bridgehead atoms. The summed E-state index contributed by atoms with van der Waals surface area (Å²) in [6, 6.07) is 5.22. The van der Waals surface area contributed by atoms with Gasteiger partial charge in [-0.1, -0.05) is 18.9 Å². The minimum absolute atomic E-state index is 0.138. The number of carbonyl (C=O) groups excluding carboxylic acids is 3. The maximum absolute atomic E-state index is 12.6.